The Morgan fingerprint density at radius 1 is 1.14 bits per heavy atom. The van der Waals surface area contributed by atoms with Crippen LogP contribution in [-0.4, -0.2) is 41.2 Å². The number of carbonyl (C=O) groups excluding carboxylic acids is 2. The van der Waals surface area contributed by atoms with E-state index in [0.717, 1.165) is 17.5 Å². The molecule has 0 spiro atoms. The molecule has 5 nitrogen and oxygen atoms in total. The Morgan fingerprint density at radius 2 is 1.76 bits per heavy atom. The van der Waals surface area contributed by atoms with Crippen LogP contribution in [0.2, 0.25) is 0 Å². The Bertz CT molecular complexity index is 785. The van der Waals surface area contributed by atoms with Gasteiger partial charge in [0, 0.05) is 26.1 Å². The van der Waals surface area contributed by atoms with E-state index in [4.69, 9.17) is 5.73 Å². The van der Waals surface area contributed by atoms with Gasteiger partial charge in [0.2, 0.25) is 11.8 Å². The van der Waals surface area contributed by atoms with Gasteiger partial charge >= 0.3 is 0 Å². The van der Waals surface area contributed by atoms with Gasteiger partial charge in [-0.1, -0.05) is 60.7 Å². The van der Waals surface area contributed by atoms with Gasteiger partial charge < -0.3 is 15.5 Å². The molecule has 2 N–H and O–H groups in total. The first kappa shape index (κ1) is 22.9. The maximum Gasteiger partial charge on any atom is 0.228 e. The summed E-state index contributed by atoms with van der Waals surface area (Å²) in [4.78, 5) is 29.5. The zero-order valence-electron chi connectivity index (χ0n) is 16.9. The van der Waals surface area contributed by atoms with Gasteiger partial charge in [0.25, 0.3) is 0 Å². The molecule has 0 aliphatic carbocycles. The molecule has 0 bridgehead atoms. The van der Waals surface area contributed by atoms with Gasteiger partial charge in [0.15, 0.2) is 0 Å². The standard InChI is InChI=1S/C23H29N3O2.ClH/c1-18(20-11-6-3-7-12-20)26-17-21(15-22(26)27)23(28)25(14-8-13-24)16-19-9-4-2-5-10-19;/h2-7,9-12,18,21H,8,13-17,24H2,1H3;1H. The fourth-order valence-electron chi connectivity index (χ4n) is 3.79. The molecule has 1 aliphatic heterocycles. The molecule has 2 unspecified atom stereocenters. The lowest BCUT2D eigenvalue weighted by molar-refractivity contribution is -0.136. The van der Waals surface area contributed by atoms with E-state index < -0.39 is 0 Å². The summed E-state index contributed by atoms with van der Waals surface area (Å²) in [6, 6.07) is 19.9. The molecule has 1 heterocycles. The summed E-state index contributed by atoms with van der Waals surface area (Å²) in [6.07, 6.45) is 1.04. The summed E-state index contributed by atoms with van der Waals surface area (Å²) in [5, 5.41) is 0. The van der Waals surface area contributed by atoms with E-state index in [0.29, 0.717) is 26.2 Å². The second kappa shape index (κ2) is 11.0. The highest BCUT2D eigenvalue weighted by molar-refractivity contribution is 5.89. The van der Waals surface area contributed by atoms with E-state index in [9.17, 15) is 9.59 Å². The maximum atomic E-state index is 13.2. The van der Waals surface area contributed by atoms with Crippen molar-refractivity contribution in [1.29, 1.82) is 0 Å². The molecule has 0 radical (unpaired) electrons. The van der Waals surface area contributed by atoms with Crippen molar-refractivity contribution in [2.75, 3.05) is 19.6 Å². The Kier molecular flexibility index (Phi) is 8.68. The van der Waals surface area contributed by atoms with Crippen LogP contribution in [0.3, 0.4) is 0 Å². The highest BCUT2D eigenvalue weighted by Crippen LogP contribution is 2.29. The monoisotopic (exact) mass is 415 g/mol. The Hall–Kier alpha value is -2.37. The normalized spacial score (nSPS) is 17.0. The third-order valence-corrected chi connectivity index (χ3v) is 5.42. The van der Waals surface area contributed by atoms with Gasteiger partial charge in [-0.25, -0.2) is 0 Å². The van der Waals surface area contributed by atoms with Gasteiger partial charge in [-0.3, -0.25) is 9.59 Å². The van der Waals surface area contributed by atoms with Crippen LogP contribution in [0.1, 0.15) is 36.9 Å². The molecule has 0 aromatic heterocycles. The van der Waals surface area contributed by atoms with Crippen LogP contribution in [0, 0.1) is 5.92 Å². The predicted octanol–water partition coefficient (Wildman–Crippen LogP) is 3.40. The molecular formula is C23H30ClN3O2. The topological polar surface area (TPSA) is 66.6 Å². The molecule has 6 heteroatoms. The first-order valence-electron chi connectivity index (χ1n) is 9.97. The molecule has 2 atom stereocenters. The van der Waals surface area contributed by atoms with Crippen molar-refractivity contribution in [2.24, 2.45) is 11.7 Å². The van der Waals surface area contributed by atoms with E-state index in [1.165, 1.54) is 0 Å². The third-order valence-electron chi connectivity index (χ3n) is 5.42. The molecule has 29 heavy (non-hydrogen) atoms. The molecule has 1 aliphatic rings. The number of nitrogens with two attached hydrogens (primary N) is 1. The molecule has 156 valence electrons. The van der Waals surface area contributed by atoms with Gasteiger partial charge in [0.1, 0.15) is 0 Å². The number of likely N-dealkylation sites (tertiary alicyclic amines) is 1. The summed E-state index contributed by atoms with van der Waals surface area (Å²) in [7, 11) is 0. The minimum atomic E-state index is -0.292. The van der Waals surface area contributed by atoms with Crippen molar-refractivity contribution < 1.29 is 9.59 Å². The summed E-state index contributed by atoms with van der Waals surface area (Å²) < 4.78 is 0. The van der Waals surface area contributed by atoms with Crippen molar-refractivity contribution in [2.45, 2.75) is 32.4 Å². The van der Waals surface area contributed by atoms with Crippen molar-refractivity contribution in [1.82, 2.24) is 9.80 Å². The summed E-state index contributed by atoms with van der Waals surface area (Å²) in [6.45, 7) is 4.21. The number of carbonyl (C=O) groups is 2. The third kappa shape index (κ3) is 5.81. The molecule has 1 fully saturated rings. The summed E-state index contributed by atoms with van der Waals surface area (Å²) in [5.41, 5.74) is 7.85. The van der Waals surface area contributed by atoms with Gasteiger partial charge in [0.05, 0.1) is 12.0 Å². The van der Waals surface area contributed by atoms with E-state index in [1.54, 1.807) is 0 Å². The molecule has 2 aromatic carbocycles. The molecule has 3 rings (SSSR count). The minimum absolute atomic E-state index is 0. The SMILES string of the molecule is CC(c1ccccc1)N1CC(C(=O)N(CCCN)Cc2ccccc2)CC1=O.Cl. The first-order chi connectivity index (χ1) is 13.6. The van der Waals surface area contributed by atoms with Gasteiger partial charge in [-0.05, 0) is 31.0 Å². The Morgan fingerprint density at radius 3 is 2.38 bits per heavy atom. The molecule has 2 aromatic rings. The predicted molar refractivity (Wildman–Crippen MR) is 117 cm³/mol. The number of amides is 2. The van der Waals surface area contributed by atoms with E-state index in [1.807, 2.05) is 77.4 Å². The number of halogens is 1. The van der Waals surface area contributed by atoms with Gasteiger partial charge in [-0.2, -0.15) is 0 Å². The van der Waals surface area contributed by atoms with Crippen LogP contribution in [0.4, 0.5) is 0 Å². The zero-order chi connectivity index (χ0) is 19.9. The van der Waals surface area contributed by atoms with Crippen LogP contribution < -0.4 is 5.73 Å². The van der Waals surface area contributed by atoms with Crippen molar-refractivity contribution in [3.8, 4) is 0 Å². The highest BCUT2D eigenvalue weighted by Gasteiger charge is 2.38. The lowest BCUT2D eigenvalue weighted by Gasteiger charge is -2.27. The summed E-state index contributed by atoms with van der Waals surface area (Å²) >= 11 is 0. The summed E-state index contributed by atoms with van der Waals surface area (Å²) in [5.74, 6) is -0.193. The van der Waals surface area contributed by atoms with E-state index in [2.05, 4.69) is 0 Å². The molecule has 1 saturated heterocycles. The van der Waals surface area contributed by atoms with Crippen LogP contribution >= 0.6 is 12.4 Å². The first-order valence-corrected chi connectivity index (χ1v) is 9.97. The number of benzene rings is 2. The number of hydrogen-bond donors (Lipinski definition) is 1. The molecular weight excluding hydrogens is 386 g/mol. The fourth-order valence-corrected chi connectivity index (χ4v) is 3.79. The fraction of sp³-hybridized carbons (Fsp3) is 0.391. The van der Waals surface area contributed by atoms with Gasteiger partial charge in [-0.15, -0.1) is 12.4 Å². The van der Waals surface area contributed by atoms with E-state index >= 15 is 0 Å². The second-order valence-corrected chi connectivity index (χ2v) is 7.42. The second-order valence-electron chi connectivity index (χ2n) is 7.42. The smallest absolute Gasteiger partial charge is 0.228 e. The number of rotatable bonds is 8. The van der Waals surface area contributed by atoms with Crippen LogP contribution in [0.15, 0.2) is 60.7 Å². The number of nitrogens with zero attached hydrogens (tertiary/aromatic N) is 2. The van der Waals surface area contributed by atoms with Crippen LogP contribution in [-0.2, 0) is 16.1 Å². The minimum Gasteiger partial charge on any atom is -0.338 e. The van der Waals surface area contributed by atoms with Crippen LogP contribution in [0.5, 0.6) is 0 Å². The Labute approximate surface area is 179 Å². The van der Waals surface area contributed by atoms with Crippen LogP contribution in [0.25, 0.3) is 0 Å². The molecule has 2 amide bonds. The Balaban J connectivity index is 0.00000300. The quantitative estimate of drug-likeness (QED) is 0.718. The highest BCUT2D eigenvalue weighted by atomic mass is 35.5. The van der Waals surface area contributed by atoms with Crippen molar-refractivity contribution in [3.63, 3.8) is 0 Å². The van der Waals surface area contributed by atoms with E-state index in [-0.39, 0.29) is 42.6 Å². The number of hydrogen-bond acceptors (Lipinski definition) is 3. The maximum absolute atomic E-state index is 13.2. The lowest BCUT2D eigenvalue weighted by Crippen LogP contribution is -2.38. The van der Waals surface area contributed by atoms with Crippen molar-refractivity contribution >= 4 is 24.2 Å². The average molecular weight is 416 g/mol. The molecule has 0 saturated carbocycles. The lowest BCUT2D eigenvalue weighted by atomic mass is 10.1. The zero-order valence-corrected chi connectivity index (χ0v) is 17.7. The van der Waals surface area contributed by atoms with Crippen molar-refractivity contribution in [3.05, 3.63) is 71.8 Å². The average Bonchev–Trinajstić information content (AvgIpc) is 3.13. The largest absolute Gasteiger partial charge is 0.338 e.